The summed E-state index contributed by atoms with van der Waals surface area (Å²) >= 11 is 5.96. The molecule has 0 unspecified atom stereocenters. The fraction of sp³-hybridized carbons (Fsp3) is 0.182. The zero-order valence-corrected chi connectivity index (χ0v) is 9.08. The number of carbonyl (C=O) groups is 1. The Morgan fingerprint density at radius 2 is 2.12 bits per heavy atom. The van der Waals surface area contributed by atoms with Gasteiger partial charge in [-0.2, -0.15) is 10.5 Å². The van der Waals surface area contributed by atoms with Crippen molar-refractivity contribution in [3.05, 3.63) is 33.8 Å². The highest BCUT2D eigenvalue weighted by molar-refractivity contribution is 6.34. The molecule has 0 fully saturated rings. The van der Waals surface area contributed by atoms with Gasteiger partial charge in [-0.1, -0.05) is 17.7 Å². The van der Waals surface area contributed by atoms with Crippen LogP contribution < -0.4 is 5.73 Å². The van der Waals surface area contributed by atoms with Crippen molar-refractivity contribution in [3.63, 3.8) is 0 Å². The Hall–Kier alpha value is -2.04. The lowest BCUT2D eigenvalue weighted by molar-refractivity contribution is 0.1000. The molecule has 1 amide bonds. The summed E-state index contributed by atoms with van der Waals surface area (Å²) in [4.78, 5) is 11.1. The summed E-state index contributed by atoms with van der Waals surface area (Å²) in [5.74, 6) is -0.736. The molecular formula is C11H8ClN3O. The minimum Gasteiger partial charge on any atom is -0.366 e. The third kappa shape index (κ3) is 2.31. The molecule has 1 aromatic rings. The van der Waals surface area contributed by atoms with Gasteiger partial charge in [0.2, 0.25) is 0 Å². The normalized spacial score (nSPS) is 9.19. The van der Waals surface area contributed by atoms with E-state index in [-0.39, 0.29) is 16.1 Å². The van der Waals surface area contributed by atoms with Crippen molar-refractivity contribution in [1.82, 2.24) is 0 Å². The maximum Gasteiger partial charge on any atom is 0.251 e. The lowest BCUT2D eigenvalue weighted by atomic mass is 10.0. The molecule has 0 aliphatic heterocycles. The summed E-state index contributed by atoms with van der Waals surface area (Å²) in [5.41, 5.74) is 5.98. The van der Waals surface area contributed by atoms with Crippen LogP contribution in [-0.4, -0.2) is 5.91 Å². The third-order valence-corrected chi connectivity index (χ3v) is 2.53. The standard InChI is InChI=1S/C11H8ClN3O/c12-10-7(2-1-5-13)3-4-8(6-14)9(10)11(15)16/h3-4H,1-2H2,(H2,15,16). The topological polar surface area (TPSA) is 90.7 Å². The highest BCUT2D eigenvalue weighted by Crippen LogP contribution is 2.25. The highest BCUT2D eigenvalue weighted by atomic mass is 35.5. The van der Waals surface area contributed by atoms with Gasteiger partial charge in [-0.05, 0) is 18.1 Å². The SMILES string of the molecule is N#CCCc1ccc(C#N)c(C(N)=O)c1Cl. The molecule has 0 bridgehead atoms. The average Bonchev–Trinajstić information content (AvgIpc) is 2.26. The van der Waals surface area contributed by atoms with Crippen LogP contribution in [0.1, 0.15) is 27.9 Å². The van der Waals surface area contributed by atoms with Crippen LogP contribution >= 0.6 is 11.6 Å². The minimum atomic E-state index is -0.736. The number of primary amides is 1. The molecule has 0 saturated carbocycles. The molecule has 2 N–H and O–H groups in total. The molecule has 0 heterocycles. The van der Waals surface area contributed by atoms with Crippen LogP contribution in [0.2, 0.25) is 5.02 Å². The van der Waals surface area contributed by atoms with E-state index >= 15 is 0 Å². The zero-order valence-electron chi connectivity index (χ0n) is 8.33. The largest absolute Gasteiger partial charge is 0.366 e. The van der Waals surface area contributed by atoms with E-state index < -0.39 is 5.91 Å². The number of hydrogen-bond donors (Lipinski definition) is 1. The minimum absolute atomic E-state index is 0.0274. The van der Waals surface area contributed by atoms with Crippen LogP contribution in [0.15, 0.2) is 12.1 Å². The van der Waals surface area contributed by atoms with Crippen molar-refractivity contribution in [3.8, 4) is 12.1 Å². The van der Waals surface area contributed by atoms with Gasteiger partial charge >= 0.3 is 0 Å². The Morgan fingerprint density at radius 3 is 2.62 bits per heavy atom. The van der Waals surface area contributed by atoms with Crippen LogP contribution in [-0.2, 0) is 6.42 Å². The lowest BCUT2D eigenvalue weighted by Gasteiger charge is -2.07. The number of amides is 1. The summed E-state index contributed by atoms with van der Waals surface area (Å²) in [6, 6.07) is 6.95. The van der Waals surface area contributed by atoms with Gasteiger partial charge in [-0.15, -0.1) is 0 Å². The Balaban J connectivity index is 3.29. The van der Waals surface area contributed by atoms with Crippen molar-refractivity contribution in [2.45, 2.75) is 12.8 Å². The van der Waals surface area contributed by atoms with Crippen molar-refractivity contribution < 1.29 is 4.79 Å². The maximum atomic E-state index is 11.1. The lowest BCUT2D eigenvalue weighted by Crippen LogP contribution is -2.14. The molecule has 16 heavy (non-hydrogen) atoms. The molecule has 1 aromatic carbocycles. The molecule has 0 atom stereocenters. The molecular weight excluding hydrogens is 226 g/mol. The van der Waals surface area contributed by atoms with Crippen LogP contribution in [0.4, 0.5) is 0 Å². The molecule has 0 saturated heterocycles. The first-order valence-corrected chi connectivity index (χ1v) is 4.87. The number of carbonyl (C=O) groups excluding carboxylic acids is 1. The van der Waals surface area contributed by atoms with Crippen LogP contribution in [0.5, 0.6) is 0 Å². The van der Waals surface area contributed by atoms with Crippen LogP contribution in [0.25, 0.3) is 0 Å². The Kier molecular flexibility index (Phi) is 3.88. The van der Waals surface area contributed by atoms with Crippen LogP contribution in [0.3, 0.4) is 0 Å². The molecule has 80 valence electrons. The van der Waals surface area contributed by atoms with Gasteiger partial charge in [0.1, 0.15) is 6.07 Å². The summed E-state index contributed by atoms with van der Waals surface area (Å²) in [7, 11) is 0. The summed E-state index contributed by atoms with van der Waals surface area (Å²) in [5, 5.41) is 17.4. The van der Waals surface area contributed by atoms with Gasteiger partial charge < -0.3 is 5.73 Å². The predicted molar refractivity (Wildman–Crippen MR) is 58.6 cm³/mol. The second-order valence-electron chi connectivity index (χ2n) is 3.10. The first kappa shape index (κ1) is 12.0. The second-order valence-corrected chi connectivity index (χ2v) is 3.47. The summed E-state index contributed by atoms with van der Waals surface area (Å²) in [6.45, 7) is 0. The van der Waals surface area contributed by atoms with Gasteiger partial charge in [0.05, 0.1) is 22.2 Å². The third-order valence-electron chi connectivity index (χ3n) is 2.09. The molecule has 4 nitrogen and oxygen atoms in total. The first-order chi connectivity index (χ1) is 7.61. The fourth-order valence-electron chi connectivity index (χ4n) is 1.34. The molecule has 0 aromatic heterocycles. The Bertz CT molecular complexity index is 511. The Morgan fingerprint density at radius 1 is 1.44 bits per heavy atom. The number of benzene rings is 1. The smallest absolute Gasteiger partial charge is 0.251 e. The maximum absolute atomic E-state index is 11.1. The zero-order chi connectivity index (χ0) is 12.1. The van der Waals surface area contributed by atoms with Crippen molar-refractivity contribution >= 4 is 17.5 Å². The number of nitrogens with zero attached hydrogens (tertiary/aromatic N) is 2. The predicted octanol–water partition coefficient (Wildman–Crippen LogP) is 1.77. The van der Waals surface area contributed by atoms with E-state index in [9.17, 15) is 4.79 Å². The van der Waals surface area contributed by atoms with E-state index in [2.05, 4.69) is 0 Å². The number of hydrogen-bond acceptors (Lipinski definition) is 3. The summed E-state index contributed by atoms with van der Waals surface area (Å²) < 4.78 is 0. The molecule has 0 radical (unpaired) electrons. The van der Waals surface area contributed by atoms with E-state index in [0.29, 0.717) is 18.4 Å². The Labute approximate surface area is 97.8 Å². The number of rotatable bonds is 3. The van der Waals surface area contributed by atoms with E-state index in [0.717, 1.165) is 0 Å². The molecule has 5 heteroatoms. The number of nitriles is 2. The molecule has 0 spiro atoms. The highest BCUT2D eigenvalue weighted by Gasteiger charge is 2.15. The van der Waals surface area contributed by atoms with E-state index in [1.54, 1.807) is 6.07 Å². The first-order valence-electron chi connectivity index (χ1n) is 4.50. The van der Waals surface area contributed by atoms with Crippen molar-refractivity contribution in [1.29, 1.82) is 10.5 Å². The van der Waals surface area contributed by atoms with E-state index in [1.807, 2.05) is 12.1 Å². The van der Waals surface area contributed by atoms with Gasteiger partial charge in [0.15, 0.2) is 0 Å². The number of nitrogens with two attached hydrogens (primary N) is 1. The molecule has 0 aliphatic rings. The number of halogens is 1. The van der Waals surface area contributed by atoms with Gasteiger partial charge in [0.25, 0.3) is 5.91 Å². The second kappa shape index (κ2) is 5.16. The fourth-order valence-corrected chi connectivity index (χ4v) is 1.69. The monoisotopic (exact) mass is 233 g/mol. The van der Waals surface area contributed by atoms with Gasteiger partial charge in [0, 0.05) is 6.42 Å². The quantitative estimate of drug-likeness (QED) is 0.862. The van der Waals surface area contributed by atoms with E-state index in [1.165, 1.54) is 6.07 Å². The number of aryl methyl sites for hydroxylation is 1. The van der Waals surface area contributed by atoms with E-state index in [4.69, 9.17) is 27.9 Å². The summed E-state index contributed by atoms with van der Waals surface area (Å²) in [6.07, 6.45) is 0.727. The molecule has 1 rings (SSSR count). The van der Waals surface area contributed by atoms with Gasteiger partial charge in [-0.25, -0.2) is 0 Å². The average molecular weight is 234 g/mol. The van der Waals surface area contributed by atoms with Crippen molar-refractivity contribution in [2.24, 2.45) is 5.73 Å². The van der Waals surface area contributed by atoms with Crippen molar-refractivity contribution in [2.75, 3.05) is 0 Å². The van der Waals surface area contributed by atoms with Crippen LogP contribution in [0, 0.1) is 22.7 Å². The molecule has 0 aliphatic carbocycles. The van der Waals surface area contributed by atoms with Gasteiger partial charge in [-0.3, -0.25) is 4.79 Å².